The van der Waals surface area contributed by atoms with Gasteiger partial charge >= 0.3 is 0 Å². The molecule has 0 bridgehead atoms. The van der Waals surface area contributed by atoms with E-state index >= 15 is 0 Å². The summed E-state index contributed by atoms with van der Waals surface area (Å²) in [5.74, 6) is 0.875. The molecular weight excluding hydrogens is 679 g/mol. The Hall–Kier alpha value is -6.71. The molecule has 270 valence electrons. The van der Waals surface area contributed by atoms with Crippen LogP contribution in [0, 0.1) is 0 Å². The molecule has 10 aromatic rings. The van der Waals surface area contributed by atoms with E-state index in [0.717, 1.165) is 18.5 Å². The molecule has 0 N–H and O–H groups in total. The normalized spacial score (nSPS) is 12.8. The number of aromatic nitrogens is 3. The highest BCUT2D eigenvalue weighted by Crippen LogP contribution is 2.39. The lowest BCUT2D eigenvalue weighted by Gasteiger charge is -2.21. The molecule has 0 saturated carbocycles. The summed E-state index contributed by atoms with van der Waals surface area (Å²) in [6.45, 7) is 4.70. The van der Waals surface area contributed by atoms with Gasteiger partial charge in [0, 0.05) is 44.7 Å². The van der Waals surface area contributed by atoms with Crippen LogP contribution in [0.15, 0.2) is 188 Å². The summed E-state index contributed by atoms with van der Waals surface area (Å²) in [6.07, 6.45) is 4.05. The van der Waals surface area contributed by atoms with Gasteiger partial charge in [-0.2, -0.15) is 0 Å². The molecule has 0 spiro atoms. The van der Waals surface area contributed by atoms with Crippen LogP contribution in [0.1, 0.15) is 49.7 Å². The van der Waals surface area contributed by atoms with Crippen molar-refractivity contribution in [2.24, 2.45) is 0 Å². The van der Waals surface area contributed by atoms with E-state index in [9.17, 15) is 0 Å². The Labute approximate surface area is 328 Å². The van der Waals surface area contributed by atoms with E-state index in [1.165, 1.54) is 82.8 Å². The Morgan fingerprint density at radius 1 is 0.446 bits per heavy atom. The van der Waals surface area contributed by atoms with Crippen molar-refractivity contribution < 1.29 is 0 Å². The van der Waals surface area contributed by atoms with E-state index < -0.39 is 0 Å². The van der Waals surface area contributed by atoms with Crippen LogP contribution in [0.25, 0.3) is 77.4 Å². The van der Waals surface area contributed by atoms with Crippen LogP contribution in [0.3, 0.4) is 0 Å². The summed E-state index contributed by atoms with van der Waals surface area (Å²) in [4.78, 5) is 4.59. The van der Waals surface area contributed by atoms with Gasteiger partial charge in [-0.05, 0) is 120 Å². The Morgan fingerprint density at radius 2 is 0.982 bits per heavy atom. The summed E-state index contributed by atoms with van der Waals surface area (Å²) in [6, 6.07) is 66.5. The number of hydrogen-bond acceptors (Lipinski definition) is 1. The molecule has 0 fully saturated rings. The Balaban J connectivity index is 0.943. The van der Waals surface area contributed by atoms with Crippen molar-refractivity contribution >= 4 is 43.6 Å². The minimum atomic E-state index is 0.420. The van der Waals surface area contributed by atoms with Crippen molar-refractivity contribution in [2.75, 3.05) is 0 Å². The van der Waals surface area contributed by atoms with Crippen LogP contribution in [0.4, 0.5) is 0 Å². The smallest absolute Gasteiger partial charge is 0.0702 e. The van der Waals surface area contributed by atoms with Gasteiger partial charge in [-0.1, -0.05) is 123 Å². The van der Waals surface area contributed by atoms with Crippen molar-refractivity contribution in [3.8, 4) is 33.8 Å². The SMILES string of the molecule is CCC(CC(C)c1cccc(-c2ccccn2)c1)c1ccc2c(c1)c1ccccc1n2-c1ccc(-c2ccc(-n3c4ccccc4c4ccccc43)cc2)cc1. The number of para-hydroxylation sites is 3. The lowest BCUT2D eigenvalue weighted by Crippen LogP contribution is -2.04. The molecule has 2 unspecified atom stereocenters. The lowest BCUT2D eigenvalue weighted by atomic mass is 9.84. The predicted octanol–water partition coefficient (Wildman–Crippen LogP) is 14.3. The van der Waals surface area contributed by atoms with Crippen molar-refractivity contribution in [3.05, 3.63) is 199 Å². The van der Waals surface area contributed by atoms with Gasteiger partial charge in [0.1, 0.15) is 0 Å². The molecule has 0 radical (unpaired) electrons. The minimum absolute atomic E-state index is 0.420. The number of hydrogen-bond donors (Lipinski definition) is 0. The fourth-order valence-electron chi connectivity index (χ4n) is 8.97. The Bertz CT molecular complexity index is 2930. The number of benzene rings is 7. The van der Waals surface area contributed by atoms with Gasteiger partial charge in [0.15, 0.2) is 0 Å². The van der Waals surface area contributed by atoms with Gasteiger partial charge in [-0.3, -0.25) is 4.98 Å². The summed E-state index contributed by atoms with van der Waals surface area (Å²) < 4.78 is 4.80. The highest BCUT2D eigenvalue weighted by Gasteiger charge is 2.19. The molecule has 7 aromatic carbocycles. The first kappa shape index (κ1) is 33.8. The highest BCUT2D eigenvalue weighted by atomic mass is 15.0. The van der Waals surface area contributed by atoms with Gasteiger partial charge < -0.3 is 9.13 Å². The van der Waals surface area contributed by atoms with Gasteiger partial charge in [0.2, 0.25) is 0 Å². The van der Waals surface area contributed by atoms with Crippen LogP contribution in [0.2, 0.25) is 0 Å². The van der Waals surface area contributed by atoms with E-state index in [-0.39, 0.29) is 0 Å². The molecule has 3 nitrogen and oxygen atoms in total. The maximum absolute atomic E-state index is 4.59. The van der Waals surface area contributed by atoms with Gasteiger partial charge in [-0.15, -0.1) is 0 Å². The van der Waals surface area contributed by atoms with Crippen molar-refractivity contribution in [2.45, 2.75) is 38.5 Å². The fourth-order valence-corrected chi connectivity index (χ4v) is 8.97. The topological polar surface area (TPSA) is 22.8 Å². The summed E-state index contributed by atoms with van der Waals surface area (Å²) in [7, 11) is 0. The quantitative estimate of drug-likeness (QED) is 0.145. The second-order valence-electron chi connectivity index (χ2n) is 15.2. The zero-order chi connectivity index (χ0) is 37.6. The molecule has 3 heteroatoms. The second-order valence-corrected chi connectivity index (χ2v) is 15.2. The molecule has 3 aromatic heterocycles. The van der Waals surface area contributed by atoms with Crippen LogP contribution in [-0.4, -0.2) is 14.1 Å². The van der Waals surface area contributed by atoms with E-state index in [2.05, 4.69) is 204 Å². The molecule has 0 aliphatic carbocycles. The molecule has 2 atom stereocenters. The predicted molar refractivity (Wildman–Crippen MR) is 236 cm³/mol. The fraction of sp³-hybridized carbons (Fsp3) is 0.113. The van der Waals surface area contributed by atoms with Crippen LogP contribution in [0.5, 0.6) is 0 Å². The molecule has 0 amide bonds. The average molecular weight is 722 g/mol. The zero-order valence-corrected chi connectivity index (χ0v) is 31.8. The lowest BCUT2D eigenvalue weighted by molar-refractivity contribution is 0.545. The number of pyridine rings is 1. The molecule has 0 saturated heterocycles. The molecular formula is C53H43N3. The molecule has 0 aliphatic heterocycles. The summed E-state index contributed by atoms with van der Waals surface area (Å²) >= 11 is 0. The van der Waals surface area contributed by atoms with Crippen LogP contribution in [-0.2, 0) is 0 Å². The summed E-state index contributed by atoms with van der Waals surface area (Å²) in [5, 5.41) is 5.16. The first-order chi connectivity index (χ1) is 27.6. The first-order valence-corrected chi connectivity index (χ1v) is 19.9. The van der Waals surface area contributed by atoms with Gasteiger partial charge in [0.05, 0.1) is 27.8 Å². The second kappa shape index (κ2) is 14.2. The van der Waals surface area contributed by atoms with Gasteiger partial charge in [-0.25, -0.2) is 0 Å². The van der Waals surface area contributed by atoms with Crippen LogP contribution >= 0.6 is 0 Å². The van der Waals surface area contributed by atoms with E-state index in [0.29, 0.717) is 11.8 Å². The minimum Gasteiger partial charge on any atom is -0.309 e. The monoisotopic (exact) mass is 721 g/mol. The third-order valence-electron chi connectivity index (χ3n) is 11.9. The molecule has 3 heterocycles. The van der Waals surface area contributed by atoms with Crippen molar-refractivity contribution in [1.82, 2.24) is 14.1 Å². The summed E-state index contributed by atoms with van der Waals surface area (Å²) in [5.41, 5.74) is 14.7. The van der Waals surface area contributed by atoms with E-state index in [1.807, 2.05) is 12.3 Å². The first-order valence-electron chi connectivity index (χ1n) is 19.9. The standard InChI is InChI=1S/C53H43N3/c1-3-37(33-36(2)40-13-12-14-42(34-40)49-18-10-11-32-54-49)41-26-31-53-48(35-41)47-17-6-9-21-52(47)56(53)44-29-24-39(25-30-44)38-22-27-43(28-23-38)55-50-19-7-4-15-45(50)46-16-5-8-20-51(46)55/h4-32,34-37H,3,33H2,1-2H3. The number of fused-ring (bicyclic) bond motifs is 6. The van der Waals surface area contributed by atoms with Crippen LogP contribution < -0.4 is 0 Å². The third kappa shape index (κ3) is 5.88. The molecule has 0 aliphatic rings. The third-order valence-corrected chi connectivity index (χ3v) is 11.9. The van der Waals surface area contributed by atoms with Crippen molar-refractivity contribution in [3.63, 3.8) is 0 Å². The maximum Gasteiger partial charge on any atom is 0.0702 e. The van der Waals surface area contributed by atoms with E-state index in [1.54, 1.807) is 0 Å². The Kier molecular flexibility index (Phi) is 8.56. The number of rotatable bonds is 9. The van der Waals surface area contributed by atoms with Gasteiger partial charge in [0.25, 0.3) is 0 Å². The van der Waals surface area contributed by atoms with Crippen molar-refractivity contribution in [1.29, 1.82) is 0 Å². The zero-order valence-electron chi connectivity index (χ0n) is 31.8. The number of nitrogens with zero attached hydrogens (tertiary/aromatic N) is 3. The highest BCUT2D eigenvalue weighted by molar-refractivity contribution is 6.10. The molecule has 10 rings (SSSR count). The largest absolute Gasteiger partial charge is 0.309 e. The Morgan fingerprint density at radius 3 is 1.54 bits per heavy atom. The van der Waals surface area contributed by atoms with E-state index in [4.69, 9.17) is 0 Å². The average Bonchev–Trinajstić information content (AvgIpc) is 3.79. The molecule has 56 heavy (non-hydrogen) atoms. The maximum atomic E-state index is 4.59.